The number of alkyl halides is 3. The molecule has 1 saturated heterocycles. The lowest BCUT2D eigenvalue weighted by Gasteiger charge is -2.33. The van der Waals surface area contributed by atoms with E-state index in [-0.39, 0.29) is 19.1 Å². The lowest BCUT2D eigenvalue weighted by molar-refractivity contribution is -0.0281. The average Bonchev–Trinajstić information content (AvgIpc) is 3.05. The number of nitrogens with zero attached hydrogens (tertiary/aromatic N) is 1. The molecule has 0 aromatic carbocycles. The van der Waals surface area contributed by atoms with Crippen molar-refractivity contribution in [1.82, 2.24) is 4.90 Å². The third-order valence-electron chi connectivity index (χ3n) is 4.31. The number of likely N-dealkylation sites (tertiary alicyclic amines) is 1. The number of hydrogen-bond donors (Lipinski definition) is 0. The highest BCUT2D eigenvalue weighted by Crippen LogP contribution is 2.61. The van der Waals surface area contributed by atoms with Crippen LogP contribution in [0.25, 0.3) is 0 Å². The fourth-order valence-electron chi connectivity index (χ4n) is 2.73. The van der Waals surface area contributed by atoms with E-state index in [1.165, 1.54) is 0 Å². The van der Waals surface area contributed by atoms with Crippen molar-refractivity contribution in [2.45, 2.75) is 65.9 Å². The first-order valence-corrected chi connectivity index (χ1v) is 8.44. The average molecular weight is 325 g/mol. The van der Waals surface area contributed by atoms with Gasteiger partial charge in [0, 0.05) is 13.0 Å². The molecule has 0 spiro atoms. The number of piperidine rings is 1. The summed E-state index contributed by atoms with van der Waals surface area (Å²) in [4.78, 5) is 2.20. The van der Waals surface area contributed by atoms with Gasteiger partial charge in [-0.15, -0.1) is 0 Å². The van der Waals surface area contributed by atoms with Crippen LogP contribution in [0.3, 0.4) is 0 Å². The number of halogens is 3. The van der Waals surface area contributed by atoms with E-state index in [2.05, 4.69) is 11.8 Å². The molecule has 134 valence electrons. The van der Waals surface area contributed by atoms with Gasteiger partial charge in [-0.2, -0.15) is 0 Å². The van der Waals surface area contributed by atoms with Crippen LogP contribution in [0.1, 0.15) is 53.9 Å². The zero-order chi connectivity index (χ0) is 17.4. The Balaban J connectivity index is 0.00000102. The standard InChI is InChI=1S/C14H25F2NO.C2H6.CH3F/c1-11(2)18-10-13(8-14(13,15)16)9-17-6-4-12(3)5-7-17;2*1-2/h11-12H,4-10H2,1-3H3;1-2H3;1H3. The molecule has 2 nitrogen and oxygen atoms in total. The molecule has 1 heterocycles. The molecule has 5 heteroatoms. The molecular weight excluding hydrogens is 291 g/mol. The van der Waals surface area contributed by atoms with Crippen molar-refractivity contribution >= 4 is 0 Å². The summed E-state index contributed by atoms with van der Waals surface area (Å²) in [6, 6.07) is 0. The summed E-state index contributed by atoms with van der Waals surface area (Å²) in [7, 11) is 0.500. The highest BCUT2D eigenvalue weighted by Gasteiger charge is 2.71. The summed E-state index contributed by atoms with van der Waals surface area (Å²) in [6.07, 6.45) is 2.29. The maximum atomic E-state index is 13.6. The van der Waals surface area contributed by atoms with E-state index in [9.17, 15) is 13.2 Å². The summed E-state index contributed by atoms with van der Waals surface area (Å²) < 4.78 is 42.2. The Labute approximate surface area is 134 Å². The third kappa shape index (κ3) is 6.07. The molecule has 1 saturated carbocycles. The fraction of sp³-hybridized carbons (Fsp3) is 1.00. The van der Waals surface area contributed by atoms with E-state index < -0.39 is 11.3 Å². The molecule has 1 aliphatic carbocycles. The van der Waals surface area contributed by atoms with Crippen molar-refractivity contribution in [1.29, 1.82) is 0 Å². The van der Waals surface area contributed by atoms with Gasteiger partial charge in [-0.25, -0.2) is 8.78 Å². The molecule has 0 bridgehead atoms. The Morgan fingerprint density at radius 1 is 1.14 bits per heavy atom. The summed E-state index contributed by atoms with van der Waals surface area (Å²) >= 11 is 0. The summed E-state index contributed by atoms with van der Waals surface area (Å²) in [6.45, 7) is 12.7. The van der Waals surface area contributed by atoms with Crippen molar-refractivity contribution in [2.75, 3.05) is 33.4 Å². The summed E-state index contributed by atoms with van der Waals surface area (Å²) in [5.74, 6) is -1.78. The van der Waals surface area contributed by atoms with Crippen molar-refractivity contribution in [3.63, 3.8) is 0 Å². The van der Waals surface area contributed by atoms with Gasteiger partial charge in [-0.05, 0) is 45.7 Å². The minimum absolute atomic E-state index is 0.00122. The largest absolute Gasteiger partial charge is 0.378 e. The van der Waals surface area contributed by atoms with E-state index in [0.717, 1.165) is 31.8 Å². The Morgan fingerprint density at radius 2 is 1.59 bits per heavy atom. The molecule has 0 radical (unpaired) electrons. The highest BCUT2D eigenvalue weighted by molar-refractivity contribution is 5.12. The van der Waals surface area contributed by atoms with E-state index >= 15 is 0 Å². The zero-order valence-corrected chi connectivity index (χ0v) is 15.1. The second-order valence-corrected chi connectivity index (χ2v) is 6.48. The van der Waals surface area contributed by atoms with Gasteiger partial charge in [0.05, 0.1) is 25.3 Å². The smallest absolute Gasteiger partial charge is 0.258 e. The first kappa shape index (κ1) is 21.7. The Morgan fingerprint density at radius 3 is 1.95 bits per heavy atom. The molecular formula is C17H34F3NO. The van der Waals surface area contributed by atoms with Gasteiger partial charge in [0.25, 0.3) is 5.92 Å². The fourth-order valence-corrected chi connectivity index (χ4v) is 2.73. The lowest BCUT2D eigenvalue weighted by atomic mass is 9.97. The maximum absolute atomic E-state index is 13.6. The van der Waals surface area contributed by atoms with Gasteiger partial charge in [0.2, 0.25) is 0 Å². The zero-order valence-electron chi connectivity index (χ0n) is 15.1. The predicted molar refractivity (Wildman–Crippen MR) is 86.3 cm³/mol. The molecule has 0 N–H and O–H groups in total. The predicted octanol–water partition coefficient (Wildman–Crippen LogP) is 4.78. The SMILES string of the molecule is CC.CC1CCN(CC2(COC(C)C)CC2(F)F)CC1.CF. The Hall–Kier alpha value is -0.290. The van der Waals surface area contributed by atoms with E-state index in [1.54, 1.807) is 0 Å². The first-order chi connectivity index (χ1) is 10.3. The number of rotatable bonds is 5. The molecule has 2 rings (SSSR count). The van der Waals surface area contributed by atoms with Gasteiger partial charge in [-0.3, -0.25) is 4.39 Å². The van der Waals surface area contributed by atoms with Crippen LogP contribution in [0.15, 0.2) is 0 Å². The molecule has 0 aromatic rings. The molecule has 1 unspecified atom stereocenters. The quantitative estimate of drug-likeness (QED) is 0.721. The van der Waals surface area contributed by atoms with Gasteiger partial charge in [0.15, 0.2) is 0 Å². The van der Waals surface area contributed by atoms with Gasteiger partial charge >= 0.3 is 0 Å². The lowest BCUT2D eigenvalue weighted by Crippen LogP contribution is -2.40. The second-order valence-electron chi connectivity index (χ2n) is 6.48. The van der Waals surface area contributed by atoms with Crippen LogP contribution < -0.4 is 0 Å². The molecule has 1 aliphatic heterocycles. The maximum Gasteiger partial charge on any atom is 0.258 e. The van der Waals surface area contributed by atoms with Crippen LogP contribution in [-0.4, -0.2) is 50.3 Å². The van der Waals surface area contributed by atoms with E-state index in [4.69, 9.17) is 4.74 Å². The van der Waals surface area contributed by atoms with Crippen molar-refractivity contribution in [3.05, 3.63) is 0 Å². The summed E-state index contributed by atoms with van der Waals surface area (Å²) in [5.41, 5.74) is -0.905. The Kier molecular flexibility index (Phi) is 9.63. The van der Waals surface area contributed by atoms with E-state index in [0.29, 0.717) is 13.7 Å². The third-order valence-corrected chi connectivity index (χ3v) is 4.31. The van der Waals surface area contributed by atoms with Crippen molar-refractivity contribution in [2.24, 2.45) is 11.3 Å². The highest BCUT2D eigenvalue weighted by atomic mass is 19.3. The second kappa shape index (κ2) is 9.76. The van der Waals surface area contributed by atoms with E-state index in [1.807, 2.05) is 27.7 Å². The molecule has 2 fully saturated rings. The normalized spacial score (nSPS) is 27.5. The van der Waals surface area contributed by atoms with Gasteiger partial charge in [0.1, 0.15) is 0 Å². The Bertz CT molecular complexity index is 292. The minimum Gasteiger partial charge on any atom is -0.378 e. The number of ether oxygens (including phenoxy) is 1. The topological polar surface area (TPSA) is 12.5 Å². The summed E-state index contributed by atoms with van der Waals surface area (Å²) in [5, 5.41) is 0. The van der Waals surface area contributed by atoms with Gasteiger partial charge < -0.3 is 9.64 Å². The van der Waals surface area contributed by atoms with Crippen LogP contribution in [-0.2, 0) is 4.74 Å². The molecule has 2 aliphatic rings. The molecule has 0 amide bonds. The van der Waals surface area contributed by atoms with Crippen LogP contribution in [0.2, 0.25) is 0 Å². The van der Waals surface area contributed by atoms with Crippen LogP contribution in [0.5, 0.6) is 0 Å². The minimum atomic E-state index is -2.52. The first-order valence-electron chi connectivity index (χ1n) is 8.44. The monoisotopic (exact) mass is 325 g/mol. The number of hydrogen-bond acceptors (Lipinski definition) is 2. The van der Waals surface area contributed by atoms with Gasteiger partial charge in [-0.1, -0.05) is 20.8 Å². The molecule has 1 atom stereocenters. The van der Waals surface area contributed by atoms with Crippen molar-refractivity contribution < 1.29 is 17.9 Å². The molecule has 22 heavy (non-hydrogen) atoms. The van der Waals surface area contributed by atoms with Crippen LogP contribution >= 0.6 is 0 Å². The van der Waals surface area contributed by atoms with Crippen LogP contribution in [0, 0.1) is 11.3 Å². The van der Waals surface area contributed by atoms with Crippen molar-refractivity contribution in [3.8, 4) is 0 Å². The molecule has 0 aromatic heterocycles. The van der Waals surface area contributed by atoms with Crippen LogP contribution in [0.4, 0.5) is 13.2 Å².